The molecule has 6 heteroatoms. The molecule has 0 spiro atoms. The maximum absolute atomic E-state index is 12.1. The van der Waals surface area contributed by atoms with Crippen LogP contribution in [0.25, 0.3) is 0 Å². The summed E-state index contributed by atoms with van der Waals surface area (Å²) >= 11 is 14.6. The Balaban J connectivity index is 2.57. The third-order valence-electron chi connectivity index (χ3n) is 2.30. The molecule has 1 amide bonds. The van der Waals surface area contributed by atoms with E-state index in [0.29, 0.717) is 40.7 Å². The van der Waals surface area contributed by atoms with E-state index in [9.17, 15) is 4.79 Å². The fraction of sp³-hybridized carbons (Fsp3) is 0.417. The summed E-state index contributed by atoms with van der Waals surface area (Å²) in [6.07, 6.45) is 0. The van der Waals surface area contributed by atoms with Gasteiger partial charge in [0, 0.05) is 29.0 Å². The van der Waals surface area contributed by atoms with E-state index in [1.54, 1.807) is 30.1 Å². The number of likely N-dealkylation sites (N-methyl/N-ethyl adjacent to an activating group) is 1. The van der Waals surface area contributed by atoms with E-state index in [1.807, 2.05) is 0 Å². The van der Waals surface area contributed by atoms with Crippen LogP contribution in [-0.4, -0.2) is 43.5 Å². The Morgan fingerprint density at radius 2 is 2.17 bits per heavy atom. The molecule has 1 aromatic rings. The molecular weight excluding hydrogens is 341 g/mol. The molecule has 0 unspecified atom stereocenters. The van der Waals surface area contributed by atoms with E-state index in [0.717, 1.165) is 0 Å². The molecule has 0 aliphatic rings. The van der Waals surface area contributed by atoms with Gasteiger partial charge >= 0.3 is 0 Å². The first kappa shape index (κ1) is 15.8. The molecule has 3 nitrogen and oxygen atoms in total. The Bertz CT molecular complexity index is 415. The zero-order chi connectivity index (χ0) is 13.5. The van der Waals surface area contributed by atoms with Crippen molar-refractivity contribution in [1.82, 2.24) is 4.90 Å². The van der Waals surface area contributed by atoms with E-state index in [2.05, 4.69) is 15.9 Å². The van der Waals surface area contributed by atoms with Crippen molar-refractivity contribution in [1.29, 1.82) is 0 Å². The van der Waals surface area contributed by atoms with Crippen molar-refractivity contribution in [3.63, 3.8) is 0 Å². The van der Waals surface area contributed by atoms with Gasteiger partial charge in [0.15, 0.2) is 0 Å². The second-order valence-corrected chi connectivity index (χ2v) is 5.32. The average Bonchev–Trinajstić information content (AvgIpc) is 2.33. The van der Waals surface area contributed by atoms with Crippen LogP contribution in [0.15, 0.2) is 22.7 Å². The summed E-state index contributed by atoms with van der Waals surface area (Å²) in [5.74, 6) is 0.383. The lowest BCUT2D eigenvalue weighted by Crippen LogP contribution is -2.30. The van der Waals surface area contributed by atoms with Gasteiger partial charge in [-0.15, -0.1) is 11.6 Å². The van der Waals surface area contributed by atoms with Gasteiger partial charge in [-0.05, 0) is 34.1 Å². The van der Waals surface area contributed by atoms with Gasteiger partial charge in [-0.3, -0.25) is 4.79 Å². The van der Waals surface area contributed by atoms with E-state index >= 15 is 0 Å². The van der Waals surface area contributed by atoms with E-state index in [1.165, 1.54) is 0 Å². The van der Waals surface area contributed by atoms with E-state index in [4.69, 9.17) is 27.9 Å². The summed E-state index contributed by atoms with van der Waals surface area (Å²) in [7, 11) is 1.73. The third-order valence-corrected chi connectivity index (χ3v) is 3.35. The van der Waals surface area contributed by atoms with Crippen LogP contribution in [0.2, 0.25) is 5.02 Å². The van der Waals surface area contributed by atoms with Crippen LogP contribution in [0.4, 0.5) is 0 Å². The largest absolute Gasteiger partial charge is 0.378 e. The maximum atomic E-state index is 12.1. The molecule has 0 aliphatic carbocycles. The van der Waals surface area contributed by atoms with Crippen molar-refractivity contribution in [2.75, 3.05) is 32.7 Å². The van der Waals surface area contributed by atoms with Crippen LogP contribution in [0.5, 0.6) is 0 Å². The van der Waals surface area contributed by atoms with Crippen molar-refractivity contribution >= 4 is 45.0 Å². The molecule has 0 fully saturated rings. The first-order valence-corrected chi connectivity index (χ1v) is 7.11. The number of hydrogen-bond acceptors (Lipinski definition) is 2. The second kappa shape index (κ2) is 8.00. The van der Waals surface area contributed by atoms with Gasteiger partial charge in [-0.2, -0.15) is 0 Å². The Morgan fingerprint density at radius 3 is 2.78 bits per heavy atom. The Morgan fingerprint density at radius 1 is 1.44 bits per heavy atom. The number of benzene rings is 1. The number of carbonyl (C=O) groups excluding carboxylic acids is 1. The predicted octanol–water partition coefficient (Wildman–Crippen LogP) is 3.43. The minimum atomic E-state index is -0.0759. The number of amides is 1. The van der Waals surface area contributed by atoms with Crippen molar-refractivity contribution in [2.24, 2.45) is 0 Å². The minimum Gasteiger partial charge on any atom is -0.378 e. The molecule has 0 radical (unpaired) electrons. The first-order chi connectivity index (χ1) is 8.56. The lowest BCUT2D eigenvalue weighted by Gasteiger charge is -2.18. The average molecular weight is 355 g/mol. The lowest BCUT2D eigenvalue weighted by molar-refractivity contribution is 0.0711. The van der Waals surface area contributed by atoms with Crippen LogP contribution in [-0.2, 0) is 4.74 Å². The highest BCUT2D eigenvalue weighted by atomic mass is 79.9. The lowest BCUT2D eigenvalue weighted by atomic mass is 10.2. The van der Waals surface area contributed by atoms with Gasteiger partial charge in [0.2, 0.25) is 0 Å². The van der Waals surface area contributed by atoms with E-state index in [-0.39, 0.29) is 5.91 Å². The molecule has 18 heavy (non-hydrogen) atoms. The highest BCUT2D eigenvalue weighted by Crippen LogP contribution is 2.22. The maximum Gasteiger partial charge on any atom is 0.254 e. The van der Waals surface area contributed by atoms with Crippen LogP contribution < -0.4 is 0 Å². The minimum absolute atomic E-state index is 0.0759. The molecule has 0 aromatic heterocycles. The van der Waals surface area contributed by atoms with Gasteiger partial charge in [0.25, 0.3) is 5.91 Å². The van der Waals surface area contributed by atoms with Crippen molar-refractivity contribution in [2.45, 2.75) is 0 Å². The van der Waals surface area contributed by atoms with Gasteiger partial charge in [-0.25, -0.2) is 0 Å². The normalized spacial score (nSPS) is 10.4. The van der Waals surface area contributed by atoms with Crippen molar-refractivity contribution < 1.29 is 9.53 Å². The molecule has 0 heterocycles. The summed E-state index contributed by atoms with van der Waals surface area (Å²) in [5.41, 5.74) is 0.583. The second-order valence-electron chi connectivity index (χ2n) is 3.65. The van der Waals surface area contributed by atoms with Gasteiger partial charge < -0.3 is 9.64 Å². The number of rotatable bonds is 6. The number of carbonyl (C=O) groups is 1. The highest BCUT2D eigenvalue weighted by molar-refractivity contribution is 9.10. The summed E-state index contributed by atoms with van der Waals surface area (Å²) in [6.45, 7) is 1.49. The zero-order valence-corrected chi connectivity index (χ0v) is 13.1. The van der Waals surface area contributed by atoms with Crippen molar-refractivity contribution in [3.8, 4) is 0 Å². The molecule has 1 rings (SSSR count). The van der Waals surface area contributed by atoms with Gasteiger partial charge in [-0.1, -0.05) is 11.6 Å². The van der Waals surface area contributed by atoms with Crippen LogP contribution in [0.1, 0.15) is 10.4 Å². The number of nitrogens with zero attached hydrogens (tertiary/aromatic N) is 1. The topological polar surface area (TPSA) is 29.5 Å². The molecule has 0 saturated heterocycles. The van der Waals surface area contributed by atoms with Crippen molar-refractivity contribution in [3.05, 3.63) is 33.3 Å². The summed E-state index contributed by atoms with van der Waals surface area (Å²) in [6, 6.07) is 5.09. The predicted molar refractivity (Wildman–Crippen MR) is 77.7 cm³/mol. The summed E-state index contributed by atoms with van der Waals surface area (Å²) in [4.78, 5) is 13.7. The van der Waals surface area contributed by atoms with Crippen LogP contribution >= 0.6 is 39.1 Å². The van der Waals surface area contributed by atoms with Gasteiger partial charge in [0.1, 0.15) is 0 Å². The molecule has 0 atom stereocenters. The number of ether oxygens (including phenoxy) is 1. The molecule has 0 N–H and O–H groups in total. The molecule has 100 valence electrons. The van der Waals surface area contributed by atoms with E-state index < -0.39 is 0 Å². The van der Waals surface area contributed by atoms with Gasteiger partial charge in [0.05, 0.1) is 18.8 Å². The summed E-state index contributed by atoms with van der Waals surface area (Å²) < 4.78 is 5.92. The number of hydrogen-bond donors (Lipinski definition) is 0. The molecule has 0 aliphatic heterocycles. The fourth-order valence-corrected chi connectivity index (χ4v) is 2.29. The zero-order valence-electron chi connectivity index (χ0n) is 9.96. The fourth-order valence-electron chi connectivity index (χ4n) is 1.33. The smallest absolute Gasteiger partial charge is 0.254 e. The number of halogens is 3. The van der Waals surface area contributed by atoms with Crippen LogP contribution in [0, 0.1) is 0 Å². The SMILES string of the molecule is CN(CCOCCCl)C(=O)c1ccc(Cl)cc1Br. The highest BCUT2D eigenvalue weighted by Gasteiger charge is 2.14. The molecular formula is C12H14BrCl2NO2. The molecule has 0 saturated carbocycles. The van der Waals surface area contributed by atoms with Crippen LogP contribution in [0.3, 0.4) is 0 Å². The Kier molecular flexibility index (Phi) is 7.00. The monoisotopic (exact) mass is 353 g/mol. The number of alkyl halides is 1. The third kappa shape index (κ3) is 4.76. The standard InChI is InChI=1S/C12H14BrCl2NO2/c1-16(5-7-18-6-4-14)12(17)10-3-2-9(15)8-11(10)13/h2-3,8H,4-7H2,1H3. The molecule has 1 aromatic carbocycles. The summed E-state index contributed by atoms with van der Waals surface area (Å²) in [5, 5.41) is 0.589. The Hall–Kier alpha value is -0.290. The molecule has 0 bridgehead atoms. The first-order valence-electron chi connectivity index (χ1n) is 5.40. The quantitative estimate of drug-likeness (QED) is 0.578. The Labute approximate surface area is 125 Å².